The van der Waals surface area contributed by atoms with Gasteiger partial charge in [-0.05, 0) is 91.1 Å². The van der Waals surface area contributed by atoms with Crippen molar-refractivity contribution in [3.8, 4) is 11.5 Å². The number of phenols is 1. The van der Waals surface area contributed by atoms with Gasteiger partial charge in [-0.2, -0.15) is 10.2 Å². The van der Waals surface area contributed by atoms with E-state index in [1.165, 1.54) is 24.3 Å². The van der Waals surface area contributed by atoms with E-state index in [9.17, 15) is 24.3 Å². The molecule has 3 aromatic rings. The summed E-state index contributed by atoms with van der Waals surface area (Å²) in [6, 6.07) is 19.0. The van der Waals surface area contributed by atoms with Crippen molar-refractivity contribution in [2.75, 3.05) is 30.9 Å². The third-order valence-electron chi connectivity index (χ3n) is 10.9. The minimum atomic E-state index is -1.91. The predicted molar refractivity (Wildman–Crippen MR) is 191 cm³/mol. The lowest BCUT2D eigenvalue weighted by atomic mass is 9.56. The molecule has 4 amide bonds. The number of hydrogen-bond donors (Lipinski definition) is 1. The molecule has 13 heteroatoms. The number of carbonyl (C=O) groups is 4. The molecule has 11 nitrogen and oxygen atoms in total. The molecule has 0 radical (unpaired) electrons. The molecule has 0 unspecified atom stereocenters. The Morgan fingerprint density at radius 3 is 2.22 bits per heavy atom. The lowest BCUT2D eigenvalue weighted by molar-refractivity contribution is -0.138. The van der Waals surface area contributed by atoms with Crippen LogP contribution in [0.4, 0.5) is 22.7 Å². The zero-order valence-corrected chi connectivity index (χ0v) is 29.4. The van der Waals surface area contributed by atoms with Crippen LogP contribution >= 0.6 is 23.2 Å². The number of likely N-dealkylation sites (tertiary alicyclic amines) is 1. The van der Waals surface area contributed by atoms with Gasteiger partial charge >= 0.3 is 0 Å². The van der Waals surface area contributed by atoms with Gasteiger partial charge in [-0.25, -0.2) is 0 Å². The van der Waals surface area contributed by atoms with Crippen molar-refractivity contribution in [3.63, 3.8) is 0 Å². The highest BCUT2D eigenvalue weighted by atomic mass is 35.5. The number of imide groups is 2. The zero-order chi connectivity index (χ0) is 36.0. The van der Waals surface area contributed by atoms with Gasteiger partial charge in [0.25, 0.3) is 11.8 Å². The SMILES string of the molecule is CN1C(=O)[C@]2(Cl)C[C@@H]3C(=CC[C@@H]4C(=O)N(c5ccc(N=Nc6ccc(N(C)C)cc6)cc5)C(=O)[C@@H]43)[C@H](C3=COc4ccc(O)cc4C3)[C@]2(Cl)C1=O. The second kappa shape index (κ2) is 11.8. The number of halogens is 2. The molecule has 1 saturated carbocycles. The van der Waals surface area contributed by atoms with Crippen LogP contribution in [-0.4, -0.2) is 64.5 Å². The highest BCUT2D eigenvalue weighted by Crippen LogP contribution is 2.64. The van der Waals surface area contributed by atoms with E-state index in [1.54, 1.807) is 36.4 Å². The second-order valence-electron chi connectivity index (χ2n) is 13.9. The van der Waals surface area contributed by atoms with Crippen LogP contribution in [-0.2, 0) is 25.6 Å². The number of alkyl halides is 2. The largest absolute Gasteiger partial charge is 0.508 e. The Labute approximate surface area is 303 Å². The highest BCUT2D eigenvalue weighted by Gasteiger charge is 2.76. The van der Waals surface area contributed by atoms with Gasteiger partial charge in [0.05, 0.1) is 35.2 Å². The Hall–Kier alpha value is -5.00. The van der Waals surface area contributed by atoms with Gasteiger partial charge in [-0.15, -0.1) is 23.2 Å². The summed E-state index contributed by atoms with van der Waals surface area (Å²) < 4.78 is 5.95. The van der Waals surface area contributed by atoms with Crippen molar-refractivity contribution in [1.82, 2.24) is 4.90 Å². The molecule has 0 aromatic heterocycles. The molecule has 51 heavy (non-hydrogen) atoms. The average molecular weight is 727 g/mol. The molecule has 3 heterocycles. The molecule has 8 rings (SSSR count). The van der Waals surface area contributed by atoms with E-state index in [4.69, 9.17) is 27.9 Å². The first-order valence-electron chi connectivity index (χ1n) is 16.6. The van der Waals surface area contributed by atoms with Gasteiger partial charge in [0.15, 0.2) is 9.75 Å². The number of nitrogens with zero attached hydrogens (tertiary/aromatic N) is 5. The number of rotatable bonds is 5. The molecule has 1 N–H and O–H groups in total. The van der Waals surface area contributed by atoms with Crippen molar-refractivity contribution < 1.29 is 29.0 Å². The van der Waals surface area contributed by atoms with Crippen molar-refractivity contribution in [2.24, 2.45) is 33.9 Å². The number of azo groups is 1. The van der Waals surface area contributed by atoms with E-state index >= 15 is 0 Å². The summed E-state index contributed by atoms with van der Waals surface area (Å²) in [7, 11) is 5.26. The van der Waals surface area contributed by atoms with E-state index in [-0.39, 0.29) is 30.9 Å². The van der Waals surface area contributed by atoms with Crippen molar-refractivity contribution in [1.29, 1.82) is 0 Å². The normalized spacial score (nSPS) is 29.7. The number of ether oxygens (including phenoxy) is 1. The summed E-state index contributed by atoms with van der Waals surface area (Å²) in [6.45, 7) is 0. The Balaban J connectivity index is 1.11. The van der Waals surface area contributed by atoms with Gasteiger partial charge in [0.1, 0.15) is 11.5 Å². The van der Waals surface area contributed by atoms with Gasteiger partial charge in [-0.1, -0.05) is 11.6 Å². The van der Waals surface area contributed by atoms with Crippen LogP contribution in [0.2, 0.25) is 0 Å². The summed E-state index contributed by atoms with van der Waals surface area (Å²) in [5.74, 6) is -4.60. The molecule has 3 aliphatic heterocycles. The van der Waals surface area contributed by atoms with Crippen molar-refractivity contribution >= 4 is 69.6 Å². The maximum Gasteiger partial charge on any atom is 0.253 e. The number of phenolic OH excluding ortho intramolecular Hbond substituents is 1. The fraction of sp³-hybridized carbons (Fsp3) is 0.316. The van der Waals surface area contributed by atoms with Crippen LogP contribution in [0.5, 0.6) is 11.5 Å². The van der Waals surface area contributed by atoms with Crippen LogP contribution in [0, 0.1) is 23.7 Å². The molecule has 5 aliphatic rings. The first-order chi connectivity index (χ1) is 24.3. The van der Waals surface area contributed by atoms with Crippen LogP contribution in [0.1, 0.15) is 18.4 Å². The maximum absolute atomic E-state index is 14.4. The summed E-state index contributed by atoms with van der Waals surface area (Å²) >= 11 is 14.6. The third-order valence-corrected chi connectivity index (χ3v) is 12.3. The Kier molecular flexibility index (Phi) is 7.66. The summed E-state index contributed by atoms with van der Waals surface area (Å²) in [5.41, 5.74) is 4.56. The number of benzene rings is 3. The molecule has 260 valence electrons. The minimum Gasteiger partial charge on any atom is -0.508 e. The van der Waals surface area contributed by atoms with E-state index in [0.29, 0.717) is 39.5 Å². The first-order valence-corrected chi connectivity index (χ1v) is 17.3. The lowest BCUT2D eigenvalue weighted by Gasteiger charge is -2.51. The number of allylic oxidation sites excluding steroid dienone is 3. The van der Waals surface area contributed by atoms with E-state index in [1.807, 2.05) is 49.3 Å². The zero-order valence-electron chi connectivity index (χ0n) is 27.9. The van der Waals surface area contributed by atoms with Crippen molar-refractivity contribution in [2.45, 2.75) is 29.0 Å². The van der Waals surface area contributed by atoms with Gasteiger partial charge < -0.3 is 14.7 Å². The van der Waals surface area contributed by atoms with Crippen LogP contribution < -0.4 is 14.5 Å². The highest BCUT2D eigenvalue weighted by molar-refractivity contribution is 6.53. The first kappa shape index (κ1) is 33.2. The van der Waals surface area contributed by atoms with Gasteiger partial charge in [0.2, 0.25) is 11.8 Å². The maximum atomic E-state index is 14.4. The van der Waals surface area contributed by atoms with Gasteiger partial charge in [-0.3, -0.25) is 29.0 Å². The number of carbonyl (C=O) groups excluding carboxylic acids is 4. The van der Waals surface area contributed by atoms with Gasteiger partial charge in [0, 0.05) is 44.7 Å². The number of hydrogen-bond acceptors (Lipinski definition) is 9. The molecule has 0 spiro atoms. The predicted octanol–water partition coefficient (Wildman–Crippen LogP) is 6.42. The molecule has 3 aromatic carbocycles. The third kappa shape index (κ3) is 4.85. The number of aromatic hydroxyl groups is 1. The van der Waals surface area contributed by atoms with Crippen LogP contribution in [0.3, 0.4) is 0 Å². The Morgan fingerprint density at radius 1 is 0.882 bits per heavy atom. The number of fused-ring (bicyclic) bond motifs is 5. The summed E-state index contributed by atoms with van der Waals surface area (Å²) in [6.07, 6.45) is 3.78. The minimum absolute atomic E-state index is 0.0418. The fourth-order valence-electron chi connectivity index (χ4n) is 8.41. The standard InChI is InChI=1S/C38H33Cl2N5O6/c1-43(2)24-8-4-22(5-9-24)41-42-23-6-10-25(11-7-23)45-33(47)28-14-13-27-29(31(28)34(45)48)18-37(39)35(49)44(3)36(50)38(37,40)32(27)21-16-20-17-26(46)12-15-30(20)51-19-21/h4-13,15,17,19,28-29,31-32,46H,14,16,18H2,1-3H3/t28-,29+,31-,32-,37+,38-/m0/s1. The molecule has 2 aliphatic carbocycles. The molecular formula is C38H33Cl2N5O6. The Bertz CT molecular complexity index is 2120. The molecule has 6 atom stereocenters. The Morgan fingerprint density at radius 2 is 1.55 bits per heavy atom. The molecule has 0 bridgehead atoms. The molecular weight excluding hydrogens is 693 g/mol. The monoisotopic (exact) mass is 725 g/mol. The fourth-order valence-corrected chi connectivity index (χ4v) is 9.44. The van der Waals surface area contributed by atoms with E-state index < -0.39 is 51.1 Å². The van der Waals surface area contributed by atoms with E-state index in [0.717, 1.165) is 10.6 Å². The summed E-state index contributed by atoms with van der Waals surface area (Å²) in [4.78, 5) is 56.3. The number of amides is 4. The average Bonchev–Trinajstić information content (AvgIpc) is 3.45. The van der Waals surface area contributed by atoms with E-state index in [2.05, 4.69) is 10.2 Å². The van der Waals surface area contributed by atoms with Crippen molar-refractivity contribution in [3.05, 3.63) is 95.8 Å². The molecule has 3 fully saturated rings. The lowest BCUT2D eigenvalue weighted by Crippen LogP contribution is -2.61. The smallest absolute Gasteiger partial charge is 0.253 e. The quantitative estimate of drug-likeness (QED) is 0.139. The van der Waals surface area contributed by atoms with Crippen LogP contribution in [0.15, 0.2) is 100 Å². The summed E-state index contributed by atoms with van der Waals surface area (Å²) in [5, 5.41) is 18.8. The molecule has 2 saturated heterocycles. The van der Waals surface area contributed by atoms with Crippen LogP contribution in [0.25, 0.3) is 0 Å². The second-order valence-corrected chi connectivity index (χ2v) is 15.2. The topological polar surface area (TPSA) is 132 Å². The number of anilines is 2.